The zero-order valence-electron chi connectivity index (χ0n) is 17.8. The number of amides is 2. The number of pyridine rings is 1. The van der Waals surface area contributed by atoms with Crippen molar-refractivity contribution in [1.29, 1.82) is 0 Å². The van der Waals surface area contributed by atoms with Gasteiger partial charge in [-0.25, -0.2) is 4.79 Å². The monoisotopic (exact) mass is 430 g/mol. The number of thiophene rings is 1. The first-order chi connectivity index (χ1) is 14.3. The Balaban J connectivity index is 1.61. The van der Waals surface area contributed by atoms with Gasteiger partial charge in [-0.05, 0) is 50.3 Å². The summed E-state index contributed by atoms with van der Waals surface area (Å²) < 4.78 is 5.54. The largest absolute Gasteiger partial charge is 0.444 e. The Morgan fingerprint density at radius 2 is 2.10 bits per heavy atom. The maximum Gasteiger partial charge on any atom is 0.410 e. The van der Waals surface area contributed by atoms with E-state index >= 15 is 0 Å². The van der Waals surface area contributed by atoms with Crippen LogP contribution >= 0.6 is 11.3 Å². The van der Waals surface area contributed by atoms with Gasteiger partial charge in [-0.15, -0.1) is 11.3 Å². The number of piperazine rings is 1. The first-order valence-electron chi connectivity index (χ1n) is 10.2. The normalized spacial score (nSPS) is 17.6. The van der Waals surface area contributed by atoms with Crippen molar-refractivity contribution in [3.05, 3.63) is 52.5 Å². The van der Waals surface area contributed by atoms with Gasteiger partial charge in [0, 0.05) is 43.4 Å². The quantitative estimate of drug-likeness (QED) is 0.762. The summed E-state index contributed by atoms with van der Waals surface area (Å²) in [4.78, 5) is 34.4. The van der Waals surface area contributed by atoms with Gasteiger partial charge in [0.05, 0.1) is 12.6 Å². The van der Waals surface area contributed by atoms with E-state index in [-0.39, 0.29) is 24.6 Å². The number of nitrogens with one attached hydrogen (secondary N) is 1. The van der Waals surface area contributed by atoms with Gasteiger partial charge in [0.2, 0.25) is 5.91 Å². The molecule has 2 aromatic rings. The molecule has 3 heterocycles. The number of ether oxygens (including phenoxy) is 1. The van der Waals surface area contributed by atoms with Gasteiger partial charge in [0.25, 0.3) is 0 Å². The van der Waals surface area contributed by atoms with Crippen molar-refractivity contribution >= 4 is 23.3 Å². The molecule has 1 atom stereocenters. The van der Waals surface area contributed by atoms with Crippen LogP contribution in [0.2, 0.25) is 0 Å². The highest BCUT2D eigenvalue weighted by molar-refractivity contribution is 7.09. The third-order valence-corrected chi connectivity index (χ3v) is 5.77. The third-order valence-electron chi connectivity index (χ3n) is 4.83. The van der Waals surface area contributed by atoms with Crippen molar-refractivity contribution in [2.75, 3.05) is 32.7 Å². The maximum atomic E-state index is 12.6. The molecule has 1 saturated heterocycles. The minimum atomic E-state index is -0.541. The molecule has 3 rings (SSSR count). The lowest BCUT2D eigenvalue weighted by Gasteiger charge is -2.41. The summed E-state index contributed by atoms with van der Waals surface area (Å²) in [6, 6.07) is 7.84. The summed E-state index contributed by atoms with van der Waals surface area (Å²) in [7, 11) is 0. The third kappa shape index (κ3) is 6.53. The van der Waals surface area contributed by atoms with Crippen LogP contribution in [0.25, 0.3) is 0 Å². The number of rotatable bonds is 6. The van der Waals surface area contributed by atoms with Gasteiger partial charge >= 0.3 is 6.09 Å². The van der Waals surface area contributed by atoms with E-state index in [1.54, 1.807) is 28.6 Å². The van der Waals surface area contributed by atoms with E-state index in [4.69, 9.17) is 4.74 Å². The highest BCUT2D eigenvalue weighted by Gasteiger charge is 2.33. The average molecular weight is 431 g/mol. The smallest absolute Gasteiger partial charge is 0.410 e. The van der Waals surface area contributed by atoms with Crippen LogP contribution in [0.5, 0.6) is 0 Å². The molecule has 1 aliphatic rings. The highest BCUT2D eigenvalue weighted by Crippen LogP contribution is 2.25. The fourth-order valence-electron chi connectivity index (χ4n) is 3.41. The lowest BCUT2D eigenvalue weighted by molar-refractivity contribution is -0.123. The number of carbonyl (C=O) groups is 2. The number of hydrogen-bond donors (Lipinski definition) is 1. The molecule has 8 heteroatoms. The molecule has 0 aromatic carbocycles. The summed E-state index contributed by atoms with van der Waals surface area (Å²) in [5.41, 5.74) is 0.442. The lowest BCUT2D eigenvalue weighted by atomic mass is 10.0. The molecule has 0 saturated carbocycles. The van der Waals surface area contributed by atoms with E-state index in [9.17, 15) is 9.59 Å². The van der Waals surface area contributed by atoms with Gasteiger partial charge < -0.3 is 15.0 Å². The van der Waals surface area contributed by atoms with Crippen molar-refractivity contribution < 1.29 is 14.3 Å². The van der Waals surface area contributed by atoms with Crippen LogP contribution in [0.4, 0.5) is 4.79 Å². The van der Waals surface area contributed by atoms with Crippen molar-refractivity contribution in [1.82, 2.24) is 20.1 Å². The lowest BCUT2D eigenvalue weighted by Crippen LogP contribution is -2.53. The molecule has 162 valence electrons. The molecule has 1 fully saturated rings. The molecule has 2 amide bonds. The number of nitrogens with zero attached hydrogens (tertiary/aromatic N) is 3. The van der Waals surface area contributed by atoms with Crippen molar-refractivity contribution in [2.24, 2.45) is 0 Å². The fourth-order valence-corrected chi connectivity index (χ4v) is 4.12. The summed E-state index contributed by atoms with van der Waals surface area (Å²) in [6.07, 6.45) is 4.03. The summed E-state index contributed by atoms with van der Waals surface area (Å²) in [6.45, 7) is 8.07. The predicted molar refractivity (Wildman–Crippen MR) is 117 cm³/mol. The van der Waals surface area contributed by atoms with Gasteiger partial charge in [-0.1, -0.05) is 12.1 Å². The Morgan fingerprint density at radius 3 is 2.77 bits per heavy atom. The van der Waals surface area contributed by atoms with Crippen molar-refractivity contribution in [3.8, 4) is 0 Å². The van der Waals surface area contributed by atoms with Crippen LogP contribution in [0.3, 0.4) is 0 Å². The standard InChI is InChI=1S/C22H30N4O3S/c1-22(2,3)29-21(28)26-12-11-25(19(15-26)17-6-4-9-23-14-17)16-20(27)24-10-8-18-7-5-13-30-18/h4-7,9,13-14,19H,8,10-12,15-16H2,1-3H3,(H,24,27). The van der Waals surface area contributed by atoms with Crippen LogP contribution in [-0.2, 0) is 16.0 Å². The second-order valence-electron chi connectivity index (χ2n) is 8.38. The predicted octanol–water partition coefficient (Wildman–Crippen LogP) is 3.10. The van der Waals surface area contributed by atoms with Crippen molar-refractivity contribution in [3.63, 3.8) is 0 Å². The van der Waals surface area contributed by atoms with Crippen LogP contribution in [0, 0.1) is 0 Å². The maximum absolute atomic E-state index is 12.6. The molecular weight excluding hydrogens is 400 g/mol. The van der Waals surface area contributed by atoms with Crippen LogP contribution in [0.15, 0.2) is 42.0 Å². The Morgan fingerprint density at radius 1 is 1.27 bits per heavy atom. The van der Waals surface area contributed by atoms with E-state index in [0.717, 1.165) is 12.0 Å². The summed E-state index contributed by atoms with van der Waals surface area (Å²) in [5.74, 6) is -0.00818. The van der Waals surface area contributed by atoms with Gasteiger partial charge in [0.1, 0.15) is 5.60 Å². The van der Waals surface area contributed by atoms with E-state index in [2.05, 4.69) is 21.3 Å². The molecule has 30 heavy (non-hydrogen) atoms. The second kappa shape index (κ2) is 10.0. The molecule has 0 radical (unpaired) electrons. The zero-order valence-corrected chi connectivity index (χ0v) is 18.7. The second-order valence-corrected chi connectivity index (χ2v) is 9.41. The van der Waals surface area contributed by atoms with Gasteiger partial charge in [-0.3, -0.25) is 14.7 Å². The van der Waals surface area contributed by atoms with Crippen molar-refractivity contribution in [2.45, 2.75) is 38.8 Å². The molecule has 1 unspecified atom stereocenters. The number of carbonyl (C=O) groups excluding carboxylic acids is 2. The molecule has 0 bridgehead atoms. The Bertz CT molecular complexity index is 821. The summed E-state index contributed by atoms with van der Waals surface area (Å²) >= 11 is 1.70. The van der Waals surface area contributed by atoms with E-state index in [1.165, 1.54) is 4.88 Å². The Labute approximate surface area is 182 Å². The molecular formula is C22H30N4O3S. The van der Waals surface area contributed by atoms with Crippen LogP contribution in [0.1, 0.15) is 37.3 Å². The van der Waals surface area contributed by atoms with E-state index in [1.807, 2.05) is 44.4 Å². The minimum Gasteiger partial charge on any atom is -0.444 e. The van der Waals surface area contributed by atoms with Crippen LogP contribution < -0.4 is 5.32 Å². The fraction of sp³-hybridized carbons (Fsp3) is 0.500. The first kappa shape index (κ1) is 22.2. The molecule has 0 aliphatic carbocycles. The van der Waals surface area contributed by atoms with E-state index in [0.29, 0.717) is 26.2 Å². The Hall–Kier alpha value is -2.45. The summed E-state index contributed by atoms with van der Waals surface area (Å²) in [5, 5.41) is 5.05. The first-order valence-corrected chi connectivity index (χ1v) is 11.1. The van der Waals surface area contributed by atoms with Gasteiger partial charge in [-0.2, -0.15) is 0 Å². The SMILES string of the molecule is CC(C)(C)OC(=O)N1CCN(CC(=O)NCCc2cccs2)C(c2cccnc2)C1. The van der Waals surface area contributed by atoms with E-state index < -0.39 is 5.60 Å². The minimum absolute atomic E-state index is 0.00818. The zero-order chi connectivity index (χ0) is 21.6. The number of hydrogen-bond acceptors (Lipinski definition) is 6. The molecule has 1 N–H and O–H groups in total. The number of aromatic nitrogens is 1. The van der Waals surface area contributed by atoms with Gasteiger partial charge in [0.15, 0.2) is 0 Å². The molecule has 7 nitrogen and oxygen atoms in total. The topological polar surface area (TPSA) is 74.8 Å². The highest BCUT2D eigenvalue weighted by atomic mass is 32.1. The van der Waals surface area contributed by atoms with Crippen LogP contribution in [-0.4, -0.2) is 65.1 Å². The molecule has 2 aromatic heterocycles. The molecule has 1 aliphatic heterocycles. The average Bonchev–Trinajstić information content (AvgIpc) is 3.21. The Kier molecular flexibility index (Phi) is 7.44. The molecule has 0 spiro atoms.